The van der Waals surface area contributed by atoms with Gasteiger partial charge < -0.3 is 41.2 Å². The van der Waals surface area contributed by atoms with Gasteiger partial charge in [0.25, 0.3) is 6.10 Å². The first kappa shape index (κ1) is 43.0. The Morgan fingerprint density at radius 3 is 2.13 bits per heavy atom. The zero-order chi connectivity index (χ0) is 39.0. The number of carbonyl (C=O) groups excluding carboxylic acids is 5. The number of nitrogens with zero attached hydrogens (tertiary/aromatic N) is 1. The number of alkyl carbamates (subject to hydrolysis) is 1. The zero-order valence-corrected chi connectivity index (χ0v) is 30.9. The molecule has 4 amide bonds. The third-order valence-electron chi connectivity index (χ3n) is 7.08. The van der Waals surface area contributed by atoms with Gasteiger partial charge in [0, 0.05) is 17.4 Å². The van der Waals surface area contributed by atoms with Crippen LogP contribution in [-0.2, 0) is 41.7 Å². The van der Waals surface area contributed by atoms with Crippen molar-refractivity contribution in [3.63, 3.8) is 0 Å². The third kappa shape index (κ3) is 15.0. The van der Waals surface area contributed by atoms with Crippen LogP contribution in [0, 0.1) is 11.8 Å². The molecule has 0 saturated heterocycles. The van der Waals surface area contributed by atoms with Gasteiger partial charge in [0.2, 0.25) is 23.5 Å². The Hall–Kier alpha value is -5.15. The van der Waals surface area contributed by atoms with E-state index in [4.69, 9.17) is 38.4 Å². The molecule has 15 nitrogen and oxygen atoms in total. The second kappa shape index (κ2) is 21.3. The van der Waals surface area contributed by atoms with Crippen LogP contribution in [0.5, 0.6) is 5.75 Å². The van der Waals surface area contributed by atoms with Gasteiger partial charge in [-0.05, 0) is 48.9 Å². The molecule has 17 heteroatoms. The number of ketones is 1. The normalized spacial score (nSPS) is 13.0. The molecule has 1 heterocycles. The number of halogens is 2. The zero-order valence-electron chi connectivity index (χ0n) is 29.4. The number of nitrogens with two attached hydrogens (primary N) is 1. The topological polar surface area (TPSA) is 232 Å². The monoisotopic (exact) mass is 762 g/mol. The minimum atomic E-state index is -1.98. The predicted molar refractivity (Wildman–Crippen MR) is 192 cm³/mol. The molecular formula is C35H44Cl2N6O9. The number of carboxylic acids is 1. The summed E-state index contributed by atoms with van der Waals surface area (Å²) in [5, 5.41) is 17.6. The molecule has 52 heavy (non-hydrogen) atoms. The lowest BCUT2D eigenvalue weighted by Gasteiger charge is -2.27. The molecule has 0 aliphatic heterocycles. The number of benzene rings is 2. The number of carbonyl (C=O) groups is 6. The Morgan fingerprint density at radius 1 is 0.923 bits per heavy atom. The molecule has 4 atom stereocenters. The Kier molecular flexibility index (Phi) is 17.6. The van der Waals surface area contributed by atoms with E-state index in [1.165, 1.54) is 25.1 Å². The minimum absolute atomic E-state index is 0.000619. The summed E-state index contributed by atoms with van der Waals surface area (Å²) < 4.78 is 10.6. The fourth-order valence-corrected chi connectivity index (χ4v) is 4.94. The molecule has 0 bridgehead atoms. The standard InChI is InChI=1S/C30H37Cl2N3O8.C5H7N3O/c1-16(2)13-22(34-30(41)42-15-19-9-7-6-8-10-19)27(37)35-24(17(3)4)28(38)33-18(5)25(36)26(29(39)40)43-23-12-11-20(31)14-21(23)32;6-4(9)3-5-7-1-2-8-5/h6-12,14,16-18,22,24,26H,13,15H2,1-5H3,(H,33,38)(H,34,41)(H,35,37)(H,39,40);1-2H,3H2,(H2,6,9)(H,7,8)/t18-,22-,24-,26?;/m0./s1. The van der Waals surface area contributed by atoms with E-state index in [9.17, 15) is 33.9 Å². The van der Waals surface area contributed by atoms with Crippen molar-refractivity contribution < 1.29 is 43.3 Å². The number of ether oxygens (including phenoxy) is 2. The van der Waals surface area contributed by atoms with Gasteiger partial charge in [-0.25, -0.2) is 14.6 Å². The quantitative estimate of drug-likeness (QED) is 0.109. The number of hydrogen-bond donors (Lipinski definition) is 6. The summed E-state index contributed by atoms with van der Waals surface area (Å²) in [4.78, 5) is 80.5. The Morgan fingerprint density at radius 2 is 1.60 bits per heavy atom. The highest BCUT2D eigenvalue weighted by molar-refractivity contribution is 6.35. The summed E-state index contributed by atoms with van der Waals surface area (Å²) in [6.07, 6.45) is 0.902. The van der Waals surface area contributed by atoms with Gasteiger partial charge in [-0.15, -0.1) is 0 Å². The van der Waals surface area contributed by atoms with Gasteiger partial charge in [0.05, 0.1) is 17.5 Å². The Balaban J connectivity index is 0.000000901. The SMILES string of the molecule is CC(C)C[C@H](NC(=O)OCc1ccccc1)C(=O)N[C@H](C(=O)N[C@@H](C)C(=O)C(Oc1ccc(Cl)cc1Cl)C(=O)O)C(C)C.NC(=O)Cc1ncc[nH]1. The van der Waals surface area contributed by atoms with E-state index in [1.807, 2.05) is 19.9 Å². The number of carboxylic acid groups (broad SMARTS) is 1. The number of imidazole rings is 1. The maximum Gasteiger partial charge on any atom is 0.408 e. The van der Waals surface area contributed by atoms with Crippen LogP contribution in [0.4, 0.5) is 4.79 Å². The van der Waals surface area contributed by atoms with Gasteiger partial charge in [-0.2, -0.15) is 0 Å². The fourth-order valence-electron chi connectivity index (χ4n) is 4.49. The largest absolute Gasteiger partial charge is 0.478 e. The van der Waals surface area contributed by atoms with Crippen molar-refractivity contribution in [1.82, 2.24) is 25.9 Å². The molecule has 3 aromatic rings. The lowest BCUT2D eigenvalue weighted by molar-refractivity contribution is -0.151. The van der Waals surface area contributed by atoms with Crippen LogP contribution in [0.3, 0.4) is 0 Å². The number of hydrogen-bond acceptors (Lipinski definition) is 9. The van der Waals surface area contributed by atoms with E-state index in [0.29, 0.717) is 5.82 Å². The van der Waals surface area contributed by atoms with Crippen molar-refractivity contribution in [2.45, 2.75) is 78.3 Å². The molecular weight excluding hydrogens is 719 g/mol. The van der Waals surface area contributed by atoms with Crippen molar-refractivity contribution in [2.24, 2.45) is 17.6 Å². The van der Waals surface area contributed by atoms with E-state index in [0.717, 1.165) is 5.56 Å². The van der Waals surface area contributed by atoms with Gasteiger partial charge >= 0.3 is 12.1 Å². The summed E-state index contributed by atoms with van der Waals surface area (Å²) in [5.41, 5.74) is 5.66. The first-order valence-electron chi connectivity index (χ1n) is 16.2. The third-order valence-corrected chi connectivity index (χ3v) is 7.61. The number of nitrogens with one attached hydrogen (secondary N) is 4. The summed E-state index contributed by atoms with van der Waals surface area (Å²) >= 11 is 11.9. The number of amides is 4. The smallest absolute Gasteiger partial charge is 0.408 e. The number of Topliss-reactive ketones (excluding diaryl/α,β-unsaturated/α-hetero) is 1. The lowest BCUT2D eigenvalue weighted by Crippen LogP contribution is -2.58. The second-order valence-corrected chi connectivity index (χ2v) is 13.2. The first-order valence-corrected chi connectivity index (χ1v) is 17.0. The van der Waals surface area contributed by atoms with Crippen molar-refractivity contribution in [3.8, 4) is 5.75 Å². The van der Waals surface area contributed by atoms with Crippen LogP contribution in [0.1, 0.15) is 52.4 Å². The van der Waals surface area contributed by atoms with E-state index >= 15 is 0 Å². The first-order chi connectivity index (χ1) is 24.5. The summed E-state index contributed by atoms with van der Waals surface area (Å²) in [5.74, 6) is -4.16. The molecule has 7 N–H and O–H groups in total. The minimum Gasteiger partial charge on any atom is -0.478 e. The molecule has 0 aliphatic carbocycles. The number of H-pyrrole nitrogens is 1. The van der Waals surface area contributed by atoms with Gasteiger partial charge in [-0.1, -0.05) is 81.2 Å². The van der Waals surface area contributed by atoms with Crippen LogP contribution >= 0.6 is 23.2 Å². The molecule has 0 fully saturated rings. The highest BCUT2D eigenvalue weighted by Crippen LogP contribution is 2.28. The molecule has 0 aliphatic rings. The lowest BCUT2D eigenvalue weighted by atomic mass is 9.99. The van der Waals surface area contributed by atoms with E-state index in [1.54, 1.807) is 50.5 Å². The molecule has 282 valence electrons. The van der Waals surface area contributed by atoms with Crippen molar-refractivity contribution in [2.75, 3.05) is 0 Å². The maximum absolute atomic E-state index is 13.2. The molecule has 1 unspecified atom stereocenters. The van der Waals surface area contributed by atoms with Gasteiger partial charge in [-0.3, -0.25) is 19.2 Å². The molecule has 2 aromatic carbocycles. The fraction of sp³-hybridized carbons (Fsp3) is 0.400. The summed E-state index contributed by atoms with van der Waals surface area (Å²) in [6, 6.07) is 9.66. The van der Waals surface area contributed by atoms with E-state index in [-0.39, 0.29) is 47.1 Å². The molecule has 0 radical (unpaired) electrons. The van der Waals surface area contributed by atoms with Crippen LogP contribution in [0.15, 0.2) is 60.9 Å². The molecule has 0 saturated carbocycles. The average Bonchev–Trinajstić information content (AvgIpc) is 3.58. The predicted octanol–water partition coefficient (Wildman–Crippen LogP) is 3.82. The Labute approximate surface area is 311 Å². The van der Waals surface area contributed by atoms with Crippen LogP contribution < -0.4 is 26.4 Å². The van der Waals surface area contributed by atoms with Crippen molar-refractivity contribution in [1.29, 1.82) is 0 Å². The molecule has 0 spiro atoms. The molecule has 1 aromatic heterocycles. The van der Waals surface area contributed by atoms with Crippen LogP contribution in [0.2, 0.25) is 10.0 Å². The van der Waals surface area contributed by atoms with Crippen LogP contribution in [0.25, 0.3) is 0 Å². The highest BCUT2D eigenvalue weighted by Gasteiger charge is 2.36. The average molecular weight is 764 g/mol. The summed E-state index contributed by atoms with van der Waals surface area (Å²) in [6.45, 7) is 8.42. The number of aromatic amines is 1. The highest BCUT2D eigenvalue weighted by atomic mass is 35.5. The van der Waals surface area contributed by atoms with Crippen LogP contribution in [-0.4, -0.2) is 74.9 Å². The number of rotatable bonds is 17. The van der Waals surface area contributed by atoms with E-state index < -0.39 is 59.8 Å². The Bertz CT molecular complexity index is 1660. The molecule has 3 rings (SSSR count). The van der Waals surface area contributed by atoms with E-state index in [2.05, 4.69) is 25.9 Å². The second-order valence-electron chi connectivity index (χ2n) is 12.3. The number of aliphatic carboxylic acids is 1. The van der Waals surface area contributed by atoms with Gasteiger partial charge in [0.15, 0.2) is 0 Å². The number of aromatic nitrogens is 2. The van der Waals surface area contributed by atoms with Crippen molar-refractivity contribution >= 4 is 58.8 Å². The number of primary amides is 1. The summed E-state index contributed by atoms with van der Waals surface area (Å²) in [7, 11) is 0. The van der Waals surface area contributed by atoms with Gasteiger partial charge in [0.1, 0.15) is 30.3 Å². The van der Waals surface area contributed by atoms with Crippen molar-refractivity contribution in [3.05, 3.63) is 82.4 Å². The maximum atomic E-state index is 13.2.